The second kappa shape index (κ2) is 2.25. The molecule has 0 saturated carbocycles. The van der Waals surface area contributed by atoms with Gasteiger partial charge in [0.2, 0.25) is 0 Å². The maximum atomic E-state index is 10.9. The number of nitrogens with zero attached hydrogens (tertiary/aromatic N) is 2. The summed E-state index contributed by atoms with van der Waals surface area (Å²) in [7, 11) is 0. The van der Waals surface area contributed by atoms with Crippen molar-refractivity contribution in [1.82, 2.24) is 9.80 Å². The van der Waals surface area contributed by atoms with Crippen molar-refractivity contribution in [2.75, 3.05) is 19.8 Å². The van der Waals surface area contributed by atoms with Crippen LogP contribution < -0.4 is 0 Å². The van der Waals surface area contributed by atoms with Crippen LogP contribution in [0.4, 0.5) is 4.79 Å². The van der Waals surface area contributed by atoms with Gasteiger partial charge in [0.1, 0.15) is 0 Å². The Morgan fingerprint density at radius 3 is 2.00 bits per heavy atom. The maximum absolute atomic E-state index is 10.9. The minimum atomic E-state index is 0.181. The lowest BCUT2D eigenvalue weighted by atomic mass is 10.4. The van der Waals surface area contributed by atoms with Crippen LogP contribution in [0.15, 0.2) is 0 Å². The Kier molecular flexibility index (Phi) is 1.60. The number of carbonyl (C=O) groups is 1. The Morgan fingerprint density at radius 1 is 1.33 bits per heavy atom. The number of carbonyl (C=O) groups excluding carboxylic acids is 1. The molecule has 1 fully saturated rings. The molecule has 0 atom stereocenters. The van der Waals surface area contributed by atoms with Crippen LogP contribution in [-0.2, 0) is 0 Å². The van der Waals surface area contributed by atoms with Crippen LogP contribution in [0, 0.1) is 0 Å². The highest BCUT2D eigenvalue weighted by Crippen LogP contribution is 2.09. The van der Waals surface area contributed by atoms with Crippen molar-refractivity contribution in [3.63, 3.8) is 0 Å². The summed E-state index contributed by atoms with van der Waals surface area (Å²) >= 11 is 0. The van der Waals surface area contributed by atoms with Crippen LogP contribution in [0.1, 0.15) is 13.8 Å². The second-order valence-electron chi connectivity index (χ2n) is 2.14. The normalized spacial score (nSPS) is 18.2. The van der Waals surface area contributed by atoms with Crippen molar-refractivity contribution in [2.45, 2.75) is 13.8 Å². The molecule has 0 unspecified atom stereocenters. The van der Waals surface area contributed by atoms with Crippen molar-refractivity contribution in [1.29, 1.82) is 0 Å². The van der Waals surface area contributed by atoms with E-state index in [4.69, 9.17) is 0 Å². The molecule has 0 aromatic carbocycles. The quantitative estimate of drug-likeness (QED) is 0.537. The van der Waals surface area contributed by atoms with E-state index in [2.05, 4.69) is 0 Å². The van der Waals surface area contributed by atoms with Gasteiger partial charge in [0.05, 0.1) is 6.67 Å². The minimum absolute atomic E-state index is 0.181. The zero-order valence-corrected chi connectivity index (χ0v) is 5.92. The lowest BCUT2D eigenvalue weighted by Gasteiger charge is -2.40. The molecule has 1 heterocycles. The Labute approximate surface area is 55.2 Å². The van der Waals surface area contributed by atoms with Gasteiger partial charge in [-0.25, -0.2) is 4.79 Å². The maximum Gasteiger partial charge on any atom is 0.322 e. The summed E-state index contributed by atoms with van der Waals surface area (Å²) in [5.41, 5.74) is 0. The fraction of sp³-hybridized carbons (Fsp3) is 0.833. The van der Waals surface area contributed by atoms with Crippen LogP contribution in [-0.4, -0.2) is 35.6 Å². The van der Waals surface area contributed by atoms with Gasteiger partial charge >= 0.3 is 6.03 Å². The highest BCUT2D eigenvalue weighted by atomic mass is 16.2. The topological polar surface area (TPSA) is 23.6 Å². The van der Waals surface area contributed by atoms with Gasteiger partial charge in [-0.2, -0.15) is 0 Å². The monoisotopic (exact) mass is 128 g/mol. The lowest BCUT2D eigenvalue weighted by Crippen LogP contribution is -2.58. The minimum Gasteiger partial charge on any atom is -0.307 e. The molecule has 1 aliphatic rings. The molecule has 0 spiro atoms. The van der Waals surface area contributed by atoms with Crippen molar-refractivity contribution in [2.24, 2.45) is 0 Å². The number of rotatable bonds is 2. The Hall–Kier alpha value is -0.730. The molecule has 1 aliphatic heterocycles. The van der Waals surface area contributed by atoms with Crippen LogP contribution >= 0.6 is 0 Å². The van der Waals surface area contributed by atoms with Gasteiger partial charge in [0, 0.05) is 13.1 Å². The van der Waals surface area contributed by atoms with E-state index in [0.29, 0.717) is 0 Å². The molecule has 0 N–H and O–H groups in total. The summed E-state index contributed by atoms with van der Waals surface area (Å²) in [6, 6.07) is 0.181. The molecule has 1 saturated heterocycles. The molecule has 0 aromatic heterocycles. The molecule has 52 valence electrons. The van der Waals surface area contributed by atoms with E-state index in [0.717, 1.165) is 19.8 Å². The van der Waals surface area contributed by atoms with Crippen LogP contribution in [0.25, 0.3) is 0 Å². The molecule has 1 rings (SSSR count). The Balaban J connectivity index is 2.33. The molecule has 0 aliphatic carbocycles. The van der Waals surface area contributed by atoms with Crippen molar-refractivity contribution in [3.8, 4) is 0 Å². The highest BCUT2D eigenvalue weighted by molar-refractivity contribution is 5.79. The summed E-state index contributed by atoms with van der Waals surface area (Å²) in [5, 5.41) is 0. The van der Waals surface area contributed by atoms with E-state index in [9.17, 15) is 4.79 Å². The number of amides is 2. The molecule has 0 radical (unpaired) electrons. The van der Waals surface area contributed by atoms with E-state index in [1.807, 2.05) is 23.6 Å². The SMILES string of the molecule is CCN1CN(CC)C1=O. The third-order valence-electron chi connectivity index (χ3n) is 1.65. The first kappa shape index (κ1) is 6.39. The van der Waals surface area contributed by atoms with Crippen LogP contribution in [0.5, 0.6) is 0 Å². The highest BCUT2D eigenvalue weighted by Gasteiger charge is 2.29. The lowest BCUT2D eigenvalue weighted by molar-refractivity contribution is 0.0672. The predicted molar refractivity (Wildman–Crippen MR) is 35.0 cm³/mol. The average molecular weight is 128 g/mol. The largest absolute Gasteiger partial charge is 0.322 e. The predicted octanol–water partition coefficient (Wildman–Crippen LogP) is 0.721. The standard InChI is InChI=1S/C6H12N2O/c1-3-7-5-8(4-2)6(7)9/h3-5H2,1-2H3. The van der Waals surface area contributed by atoms with Gasteiger partial charge in [0.25, 0.3) is 0 Å². The molecular formula is C6H12N2O. The van der Waals surface area contributed by atoms with Gasteiger partial charge < -0.3 is 9.80 Å². The van der Waals surface area contributed by atoms with Crippen molar-refractivity contribution < 1.29 is 4.79 Å². The molecule has 3 nitrogen and oxygen atoms in total. The van der Waals surface area contributed by atoms with E-state index in [1.165, 1.54) is 0 Å². The molecule has 0 aromatic rings. The summed E-state index contributed by atoms with van der Waals surface area (Å²) in [4.78, 5) is 14.5. The third kappa shape index (κ3) is 0.866. The first-order chi connectivity index (χ1) is 4.29. The molecule has 9 heavy (non-hydrogen) atoms. The molecular weight excluding hydrogens is 116 g/mol. The van der Waals surface area contributed by atoms with Crippen LogP contribution in [0.3, 0.4) is 0 Å². The van der Waals surface area contributed by atoms with Gasteiger partial charge in [-0.3, -0.25) is 0 Å². The van der Waals surface area contributed by atoms with Crippen molar-refractivity contribution >= 4 is 6.03 Å². The zero-order valence-electron chi connectivity index (χ0n) is 5.92. The Bertz CT molecular complexity index is 112. The van der Waals surface area contributed by atoms with E-state index in [1.54, 1.807) is 0 Å². The molecule has 0 bridgehead atoms. The second-order valence-corrected chi connectivity index (χ2v) is 2.14. The van der Waals surface area contributed by atoms with E-state index < -0.39 is 0 Å². The van der Waals surface area contributed by atoms with E-state index >= 15 is 0 Å². The zero-order chi connectivity index (χ0) is 6.85. The van der Waals surface area contributed by atoms with Gasteiger partial charge in [0.15, 0.2) is 0 Å². The fourth-order valence-electron chi connectivity index (χ4n) is 0.920. The first-order valence-corrected chi connectivity index (χ1v) is 3.33. The van der Waals surface area contributed by atoms with Gasteiger partial charge in [-0.15, -0.1) is 0 Å². The van der Waals surface area contributed by atoms with Crippen molar-refractivity contribution in [3.05, 3.63) is 0 Å². The average Bonchev–Trinajstić information content (AvgIpc) is 1.87. The summed E-state index contributed by atoms with van der Waals surface area (Å²) < 4.78 is 0. The molecule has 3 heteroatoms. The summed E-state index contributed by atoms with van der Waals surface area (Å²) in [5.74, 6) is 0. The first-order valence-electron chi connectivity index (χ1n) is 3.33. The van der Waals surface area contributed by atoms with Gasteiger partial charge in [-0.1, -0.05) is 0 Å². The third-order valence-corrected chi connectivity index (χ3v) is 1.65. The van der Waals surface area contributed by atoms with Crippen LogP contribution in [0.2, 0.25) is 0 Å². The Morgan fingerprint density at radius 2 is 1.78 bits per heavy atom. The number of hydrogen-bond acceptors (Lipinski definition) is 1. The summed E-state index contributed by atoms with van der Waals surface area (Å²) in [6.07, 6.45) is 0. The van der Waals surface area contributed by atoms with E-state index in [-0.39, 0.29) is 6.03 Å². The summed E-state index contributed by atoms with van der Waals surface area (Å²) in [6.45, 7) is 6.49. The number of urea groups is 1. The fourth-order valence-corrected chi connectivity index (χ4v) is 0.920. The van der Waals surface area contributed by atoms with Gasteiger partial charge in [-0.05, 0) is 13.8 Å². The number of hydrogen-bond donors (Lipinski definition) is 0. The smallest absolute Gasteiger partial charge is 0.307 e. The molecule has 2 amide bonds.